The Kier molecular flexibility index (Phi) is 8.67. The van der Waals surface area contributed by atoms with Crippen LogP contribution >= 0.6 is 0 Å². The summed E-state index contributed by atoms with van der Waals surface area (Å²) in [6.45, 7) is 0.951. The van der Waals surface area contributed by atoms with E-state index >= 15 is 0 Å². The molecule has 0 radical (unpaired) electrons. The lowest BCUT2D eigenvalue weighted by Crippen LogP contribution is -2.16. The molecule has 1 saturated carbocycles. The number of hydrogen-bond acceptors (Lipinski definition) is 7. The summed E-state index contributed by atoms with van der Waals surface area (Å²) < 4.78 is 61.3. The second kappa shape index (κ2) is 11.5. The lowest BCUT2D eigenvalue weighted by molar-refractivity contribution is -0.111. The van der Waals surface area contributed by atoms with Crippen molar-refractivity contribution in [1.82, 2.24) is 9.97 Å². The van der Waals surface area contributed by atoms with Crippen molar-refractivity contribution < 1.29 is 31.5 Å². The van der Waals surface area contributed by atoms with E-state index < -0.39 is 34.0 Å². The molecule has 184 valence electrons. The molecule has 0 saturated heterocycles. The molecule has 1 aromatic heterocycles. The van der Waals surface area contributed by atoms with Crippen LogP contribution in [0.1, 0.15) is 24.8 Å². The van der Waals surface area contributed by atoms with Crippen LogP contribution in [-0.2, 0) is 19.4 Å². The van der Waals surface area contributed by atoms with E-state index in [9.17, 15) is 22.0 Å². The zero-order valence-electron chi connectivity index (χ0n) is 18.9. The molecule has 1 aliphatic carbocycles. The second-order valence-corrected chi connectivity index (χ2v) is 10.0. The molecular formula is C23H27F2N3O5S. The Morgan fingerprint density at radius 3 is 2.35 bits per heavy atom. The van der Waals surface area contributed by atoms with Gasteiger partial charge in [-0.2, -0.15) is 0 Å². The van der Waals surface area contributed by atoms with Crippen molar-refractivity contribution in [3.63, 3.8) is 0 Å². The molecular weight excluding hydrogens is 468 g/mol. The molecule has 0 aliphatic heterocycles. The number of nitrogens with one attached hydrogen (secondary N) is 1. The van der Waals surface area contributed by atoms with Gasteiger partial charge in [0.15, 0.2) is 15.7 Å². The van der Waals surface area contributed by atoms with Gasteiger partial charge in [-0.3, -0.25) is 4.79 Å². The summed E-state index contributed by atoms with van der Waals surface area (Å²) in [7, 11) is -1.83. The molecule has 1 fully saturated rings. The topological polar surface area (TPSA) is 107 Å². The number of carbonyl (C=O) groups excluding carboxylic acids is 1. The summed E-state index contributed by atoms with van der Waals surface area (Å²) in [5.74, 6) is -0.594. The highest BCUT2D eigenvalue weighted by molar-refractivity contribution is 7.90. The number of rotatable bonds is 10. The first-order valence-corrected chi connectivity index (χ1v) is 12.6. The molecule has 1 aliphatic rings. The van der Waals surface area contributed by atoms with Crippen LogP contribution in [0.15, 0.2) is 47.6 Å². The molecule has 2 atom stereocenters. The maximum absolute atomic E-state index is 13.7. The molecule has 0 bridgehead atoms. The third-order valence-electron chi connectivity index (χ3n) is 5.30. The first kappa shape index (κ1) is 25.7. The van der Waals surface area contributed by atoms with Gasteiger partial charge in [0, 0.05) is 32.0 Å². The van der Waals surface area contributed by atoms with Gasteiger partial charge in [-0.25, -0.2) is 27.2 Å². The monoisotopic (exact) mass is 495 g/mol. The van der Waals surface area contributed by atoms with Crippen LogP contribution in [0.5, 0.6) is 5.88 Å². The Balaban J connectivity index is 1.78. The van der Waals surface area contributed by atoms with Crippen LogP contribution in [-0.4, -0.2) is 63.2 Å². The van der Waals surface area contributed by atoms with Gasteiger partial charge in [0.25, 0.3) is 5.91 Å². The lowest BCUT2D eigenvalue weighted by Gasteiger charge is -2.12. The van der Waals surface area contributed by atoms with Crippen LogP contribution in [0.3, 0.4) is 0 Å². The Morgan fingerprint density at radius 2 is 1.79 bits per heavy atom. The zero-order valence-corrected chi connectivity index (χ0v) is 19.7. The van der Waals surface area contributed by atoms with Gasteiger partial charge in [0.2, 0.25) is 5.88 Å². The van der Waals surface area contributed by atoms with E-state index in [1.165, 1.54) is 42.7 Å². The minimum Gasteiger partial charge on any atom is -0.476 e. The Morgan fingerprint density at radius 1 is 1.12 bits per heavy atom. The molecule has 1 amide bonds. The van der Waals surface area contributed by atoms with Crippen LogP contribution in [0.2, 0.25) is 0 Å². The highest BCUT2D eigenvalue weighted by atomic mass is 32.2. The predicted octanol–water partition coefficient (Wildman–Crippen LogP) is 3.40. The molecule has 3 rings (SSSR count). The van der Waals surface area contributed by atoms with E-state index in [0.29, 0.717) is 25.2 Å². The number of methoxy groups -OCH3 is 1. The van der Waals surface area contributed by atoms with E-state index in [4.69, 9.17) is 9.47 Å². The summed E-state index contributed by atoms with van der Waals surface area (Å²) in [5.41, 5.74) is 0.571. The molecule has 2 unspecified atom stereocenters. The summed E-state index contributed by atoms with van der Waals surface area (Å²) in [5, 5.41) is 2.62. The fourth-order valence-electron chi connectivity index (χ4n) is 3.55. The molecule has 0 spiro atoms. The summed E-state index contributed by atoms with van der Waals surface area (Å²) in [6.07, 6.45) is 2.75. The van der Waals surface area contributed by atoms with E-state index in [0.717, 1.165) is 6.26 Å². The highest BCUT2D eigenvalue weighted by Crippen LogP contribution is 2.34. The number of benzene rings is 1. The maximum Gasteiger partial charge on any atom is 0.257 e. The first-order chi connectivity index (χ1) is 16.2. The lowest BCUT2D eigenvalue weighted by atomic mass is 9.98. The largest absolute Gasteiger partial charge is 0.476 e. The highest BCUT2D eigenvalue weighted by Gasteiger charge is 2.34. The van der Waals surface area contributed by atoms with Gasteiger partial charge in [0.1, 0.15) is 12.3 Å². The number of anilines is 1. The van der Waals surface area contributed by atoms with Gasteiger partial charge >= 0.3 is 0 Å². The summed E-state index contributed by atoms with van der Waals surface area (Å²) >= 11 is 0. The number of halogens is 2. The standard InChI is InChI=1S/C23H27F2N3O5S/c1-32-8-3-9-33-22-14-26-21(13-27-22)28-23(29)18(10-15-11-19(24)20(25)12-15)16-4-6-17(7-5-16)34(2,30)31/h4-7,10,13-15,19-20H,3,8-9,11-12H2,1-2H3,(H,26,28,29)/b18-10+. The molecule has 2 aromatic rings. The number of sulfone groups is 1. The fourth-order valence-corrected chi connectivity index (χ4v) is 4.18. The Labute approximate surface area is 197 Å². The van der Waals surface area contributed by atoms with E-state index in [-0.39, 0.29) is 35.0 Å². The maximum atomic E-state index is 13.7. The molecule has 34 heavy (non-hydrogen) atoms. The van der Waals surface area contributed by atoms with Crippen LogP contribution in [0.4, 0.5) is 14.6 Å². The molecule has 1 aromatic carbocycles. The molecule has 11 heteroatoms. The summed E-state index contributed by atoms with van der Waals surface area (Å²) in [4.78, 5) is 21.4. The van der Waals surface area contributed by atoms with Crippen molar-refractivity contribution in [3.8, 4) is 5.88 Å². The van der Waals surface area contributed by atoms with Crippen molar-refractivity contribution in [2.75, 3.05) is 31.9 Å². The zero-order chi connectivity index (χ0) is 24.7. The average molecular weight is 496 g/mol. The average Bonchev–Trinajstić information content (AvgIpc) is 3.12. The third kappa shape index (κ3) is 7.04. The van der Waals surface area contributed by atoms with Crippen molar-refractivity contribution in [2.45, 2.75) is 36.5 Å². The minimum absolute atomic E-state index is 0.0335. The smallest absolute Gasteiger partial charge is 0.257 e. The van der Waals surface area contributed by atoms with Gasteiger partial charge < -0.3 is 14.8 Å². The number of hydrogen-bond donors (Lipinski definition) is 1. The Hall–Kier alpha value is -2.92. The Bertz CT molecular complexity index is 1100. The number of aromatic nitrogens is 2. The number of allylic oxidation sites excluding steroid dienone is 1. The van der Waals surface area contributed by atoms with E-state index in [1.54, 1.807) is 7.11 Å². The van der Waals surface area contributed by atoms with Crippen molar-refractivity contribution in [3.05, 3.63) is 48.3 Å². The van der Waals surface area contributed by atoms with Crippen LogP contribution in [0.25, 0.3) is 5.57 Å². The number of ether oxygens (including phenoxy) is 2. The van der Waals surface area contributed by atoms with Crippen LogP contribution < -0.4 is 10.1 Å². The minimum atomic E-state index is -3.42. The number of carbonyl (C=O) groups is 1. The first-order valence-electron chi connectivity index (χ1n) is 10.7. The van der Waals surface area contributed by atoms with E-state index in [1.807, 2.05) is 0 Å². The number of alkyl halides is 2. The number of nitrogens with zero attached hydrogens (tertiary/aromatic N) is 2. The normalized spacial score (nSPS) is 20.8. The predicted molar refractivity (Wildman–Crippen MR) is 123 cm³/mol. The van der Waals surface area contributed by atoms with Crippen LogP contribution in [0, 0.1) is 5.92 Å². The quantitative estimate of drug-likeness (QED) is 0.398. The van der Waals surface area contributed by atoms with Gasteiger partial charge in [-0.05, 0) is 36.5 Å². The van der Waals surface area contributed by atoms with E-state index in [2.05, 4.69) is 15.3 Å². The number of amides is 1. The fraction of sp³-hybridized carbons (Fsp3) is 0.435. The van der Waals surface area contributed by atoms with Gasteiger partial charge in [-0.1, -0.05) is 18.2 Å². The van der Waals surface area contributed by atoms with Gasteiger partial charge in [0.05, 0.1) is 23.9 Å². The SMILES string of the molecule is COCCCOc1cnc(NC(=O)/C(=C/C2CC(F)C(F)C2)c2ccc(S(C)(=O)=O)cc2)cn1. The molecule has 1 heterocycles. The van der Waals surface area contributed by atoms with Crippen molar-refractivity contribution in [2.24, 2.45) is 5.92 Å². The summed E-state index contributed by atoms with van der Waals surface area (Å²) in [6, 6.07) is 5.73. The van der Waals surface area contributed by atoms with Crippen molar-refractivity contribution in [1.29, 1.82) is 0 Å². The second-order valence-electron chi connectivity index (χ2n) is 8.03. The third-order valence-corrected chi connectivity index (χ3v) is 6.43. The van der Waals surface area contributed by atoms with Crippen molar-refractivity contribution >= 4 is 27.1 Å². The molecule has 8 nitrogen and oxygen atoms in total. The van der Waals surface area contributed by atoms with Gasteiger partial charge in [-0.15, -0.1) is 0 Å². The molecule has 1 N–H and O–H groups in total.